The molecule has 0 aliphatic carbocycles. The average Bonchev–Trinajstić information content (AvgIpc) is 2.15. The van der Waals surface area contributed by atoms with Crippen LogP contribution in [0.1, 0.15) is 36.5 Å². The number of unbranched alkanes of at least 4 members (excludes halogenated alkanes) is 1. The normalized spacial score (nSPS) is 8.60. The first-order valence-corrected chi connectivity index (χ1v) is 4.56. The van der Waals surface area contributed by atoms with Crippen molar-refractivity contribution in [1.82, 2.24) is 0 Å². The Bertz CT molecular complexity index is 280. The number of phenolic OH excluding ortho intramolecular Hbond substituents is 1. The van der Waals surface area contributed by atoms with Crippen LogP contribution in [0.5, 0.6) is 5.75 Å². The Morgan fingerprint density at radius 3 is 2.27 bits per heavy atom. The fraction of sp³-hybridized carbons (Fsp3) is 0.333. The van der Waals surface area contributed by atoms with Gasteiger partial charge in [-0.3, -0.25) is 4.79 Å². The quantitative estimate of drug-likeness (QED) is 0.444. The molecule has 78 valence electrons. The summed E-state index contributed by atoms with van der Waals surface area (Å²) in [4.78, 5) is 11.4. The van der Waals surface area contributed by atoms with Gasteiger partial charge in [0.15, 0.2) is 5.78 Å². The number of rotatable bonds is 4. The Kier molecular flexibility index (Phi) is 10.2. The van der Waals surface area contributed by atoms with Crippen LogP contribution in [0.15, 0.2) is 24.3 Å². The third-order valence-electron chi connectivity index (χ3n) is 1.95. The molecule has 1 aromatic carbocycles. The standard InChI is InChI=1S/C11H14O2.CH3.Na/c1-2-3-4-11(13)9-5-7-10(12)8-6-9;;/h5-8,12H,2-4H2,1H3;1H3;/q;-1;+1. The summed E-state index contributed by atoms with van der Waals surface area (Å²) in [6.07, 6.45) is 2.56. The van der Waals surface area contributed by atoms with Crippen LogP contribution < -0.4 is 29.6 Å². The first-order valence-electron chi connectivity index (χ1n) is 4.56. The van der Waals surface area contributed by atoms with Crippen LogP contribution >= 0.6 is 0 Å². The first-order chi connectivity index (χ1) is 6.24. The maximum absolute atomic E-state index is 11.4. The molecule has 1 rings (SSSR count). The van der Waals surface area contributed by atoms with E-state index in [1.807, 2.05) is 0 Å². The third kappa shape index (κ3) is 5.98. The number of ketones is 1. The molecule has 0 amide bonds. The molecule has 0 atom stereocenters. The van der Waals surface area contributed by atoms with Gasteiger partial charge in [0.05, 0.1) is 0 Å². The second-order valence-corrected chi connectivity index (χ2v) is 3.07. The number of Topliss-reactive ketones (excluding diaryl/α,β-unsaturated/α-hetero) is 1. The Morgan fingerprint density at radius 2 is 1.80 bits per heavy atom. The van der Waals surface area contributed by atoms with Gasteiger partial charge in [0.2, 0.25) is 0 Å². The van der Waals surface area contributed by atoms with Crippen LogP contribution in [0.25, 0.3) is 0 Å². The Hall–Kier alpha value is -0.310. The van der Waals surface area contributed by atoms with Crippen molar-refractivity contribution in [1.29, 1.82) is 0 Å². The van der Waals surface area contributed by atoms with E-state index in [0.717, 1.165) is 12.8 Å². The van der Waals surface area contributed by atoms with E-state index >= 15 is 0 Å². The third-order valence-corrected chi connectivity index (χ3v) is 1.95. The minimum Gasteiger partial charge on any atom is -0.508 e. The van der Waals surface area contributed by atoms with Crippen molar-refractivity contribution >= 4 is 5.78 Å². The van der Waals surface area contributed by atoms with E-state index in [4.69, 9.17) is 5.11 Å². The minimum atomic E-state index is 0. The van der Waals surface area contributed by atoms with Gasteiger partial charge in [-0.25, -0.2) is 0 Å². The zero-order chi connectivity index (χ0) is 9.68. The average molecular weight is 216 g/mol. The zero-order valence-corrected chi connectivity index (χ0v) is 11.8. The summed E-state index contributed by atoms with van der Waals surface area (Å²) in [7, 11) is 0. The molecule has 0 bridgehead atoms. The van der Waals surface area contributed by atoms with Gasteiger partial charge < -0.3 is 12.5 Å². The van der Waals surface area contributed by atoms with E-state index in [-0.39, 0.29) is 48.5 Å². The molecule has 0 aromatic heterocycles. The Balaban J connectivity index is 0. The summed E-state index contributed by atoms with van der Waals surface area (Å²) >= 11 is 0. The molecule has 0 fully saturated rings. The van der Waals surface area contributed by atoms with Crippen molar-refractivity contribution in [2.24, 2.45) is 0 Å². The second kappa shape index (κ2) is 8.96. The number of carbonyl (C=O) groups is 1. The molecule has 2 nitrogen and oxygen atoms in total. The van der Waals surface area contributed by atoms with E-state index in [0.29, 0.717) is 12.0 Å². The Labute approximate surface area is 114 Å². The monoisotopic (exact) mass is 216 g/mol. The number of hydrogen-bond acceptors (Lipinski definition) is 2. The van der Waals surface area contributed by atoms with Gasteiger partial charge in [-0.2, -0.15) is 0 Å². The predicted molar refractivity (Wildman–Crippen MR) is 58.4 cm³/mol. The zero-order valence-electron chi connectivity index (χ0n) is 9.79. The van der Waals surface area contributed by atoms with E-state index in [1.54, 1.807) is 24.3 Å². The molecule has 0 aliphatic heterocycles. The van der Waals surface area contributed by atoms with Gasteiger partial charge in [0.1, 0.15) is 5.75 Å². The summed E-state index contributed by atoms with van der Waals surface area (Å²) in [5.41, 5.74) is 0.686. The topological polar surface area (TPSA) is 37.3 Å². The van der Waals surface area contributed by atoms with E-state index in [1.165, 1.54) is 0 Å². The predicted octanol–water partition coefficient (Wildman–Crippen LogP) is 0.219. The van der Waals surface area contributed by atoms with Crippen LogP contribution in [0.4, 0.5) is 0 Å². The molecule has 0 unspecified atom stereocenters. The fourth-order valence-electron chi connectivity index (χ4n) is 1.13. The van der Waals surface area contributed by atoms with Crippen LogP contribution in [0.3, 0.4) is 0 Å². The summed E-state index contributed by atoms with van der Waals surface area (Å²) in [6, 6.07) is 6.40. The number of carbonyl (C=O) groups excluding carboxylic acids is 1. The van der Waals surface area contributed by atoms with Crippen molar-refractivity contribution in [3.8, 4) is 5.75 Å². The van der Waals surface area contributed by atoms with Crippen LogP contribution in [-0.4, -0.2) is 10.9 Å². The molecule has 0 aliphatic rings. The van der Waals surface area contributed by atoms with Crippen molar-refractivity contribution < 1.29 is 39.5 Å². The van der Waals surface area contributed by atoms with Gasteiger partial charge in [-0.15, -0.1) is 0 Å². The smallest absolute Gasteiger partial charge is 0.508 e. The Morgan fingerprint density at radius 1 is 1.27 bits per heavy atom. The van der Waals surface area contributed by atoms with Crippen LogP contribution in [0, 0.1) is 7.43 Å². The van der Waals surface area contributed by atoms with Crippen molar-refractivity contribution in [2.75, 3.05) is 0 Å². The molecule has 15 heavy (non-hydrogen) atoms. The maximum Gasteiger partial charge on any atom is 1.00 e. The van der Waals surface area contributed by atoms with Crippen molar-refractivity contribution in [3.05, 3.63) is 37.3 Å². The van der Waals surface area contributed by atoms with Gasteiger partial charge >= 0.3 is 29.6 Å². The maximum atomic E-state index is 11.4. The molecular weight excluding hydrogens is 199 g/mol. The summed E-state index contributed by atoms with van der Waals surface area (Å²) < 4.78 is 0. The van der Waals surface area contributed by atoms with E-state index < -0.39 is 0 Å². The van der Waals surface area contributed by atoms with Crippen molar-refractivity contribution in [3.63, 3.8) is 0 Å². The van der Waals surface area contributed by atoms with Crippen LogP contribution in [0.2, 0.25) is 0 Å². The molecule has 0 saturated heterocycles. The number of phenols is 1. The molecule has 0 radical (unpaired) electrons. The second-order valence-electron chi connectivity index (χ2n) is 3.07. The van der Waals surface area contributed by atoms with Gasteiger partial charge in [0.25, 0.3) is 0 Å². The van der Waals surface area contributed by atoms with Crippen molar-refractivity contribution in [2.45, 2.75) is 26.2 Å². The summed E-state index contributed by atoms with van der Waals surface area (Å²) in [5.74, 6) is 0.355. The molecule has 1 N–H and O–H groups in total. The van der Waals surface area contributed by atoms with Gasteiger partial charge in [-0.05, 0) is 30.7 Å². The molecule has 0 saturated carbocycles. The van der Waals surface area contributed by atoms with E-state index in [2.05, 4.69) is 6.92 Å². The number of benzene rings is 1. The summed E-state index contributed by atoms with van der Waals surface area (Å²) in [5, 5.41) is 9.00. The number of aromatic hydroxyl groups is 1. The number of hydrogen-bond donors (Lipinski definition) is 1. The summed E-state index contributed by atoms with van der Waals surface area (Å²) in [6.45, 7) is 2.06. The SMILES string of the molecule is CCCCC(=O)c1ccc(O)cc1.[CH3-].[Na+]. The first kappa shape index (κ1) is 17.1. The van der Waals surface area contributed by atoms with E-state index in [9.17, 15) is 4.79 Å². The molecule has 3 heteroatoms. The molecule has 0 spiro atoms. The fourth-order valence-corrected chi connectivity index (χ4v) is 1.13. The molecule has 1 aromatic rings. The van der Waals surface area contributed by atoms with Gasteiger partial charge in [-0.1, -0.05) is 13.3 Å². The molecular formula is C12H17NaO2. The van der Waals surface area contributed by atoms with Gasteiger partial charge in [0, 0.05) is 12.0 Å². The minimum absolute atomic E-state index is 0. The largest absolute Gasteiger partial charge is 1.00 e. The molecule has 0 heterocycles. The van der Waals surface area contributed by atoms with Crippen LogP contribution in [-0.2, 0) is 0 Å².